The van der Waals surface area contributed by atoms with Crippen molar-refractivity contribution < 1.29 is 18.7 Å². The molecule has 10 heteroatoms. The second-order valence-electron chi connectivity index (χ2n) is 8.50. The van der Waals surface area contributed by atoms with E-state index in [0.717, 1.165) is 12.6 Å². The molecule has 3 aromatic heterocycles. The van der Waals surface area contributed by atoms with Crippen molar-refractivity contribution in [1.82, 2.24) is 24.9 Å². The van der Waals surface area contributed by atoms with Crippen LogP contribution < -0.4 is 19.7 Å². The maximum Gasteiger partial charge on any atom is 0.257 e. The summed E-state index contributed by atoms with van der Waals surface area (Å²) in [4.78, 5) is 24.0. The van der Waals surface area contributed by atoms with Crippen molar-refractivity contribution in [2.24, 2.45) is 0 Å². The Morgan fingerprint density at radius 2 is 2.16 bits per heavy atom. The Balaban J connectivity index is 1.72. The molecular formula is C21H23FN6O3. The van der Waals surface area contributed by atoms with Crippen LogP contribution in [0.15, 0.2) is 24.7 Å². The van der Waals surface area contributed by atoms with E-state index in [-0.39, 0.29) is 18.6 Å². The van der Waals surface area contributed by atoms with Gasteiger partial charge in [-0.2, -0.15) is 5.10 Å². The maximum absolute atomic E-state index is 14.1. The molecule has 0 saturated carbocycles. The summed E-state index contributed by atoms with van der Waals surface area (Å²) in [5, 5.41) is 7.24. The van der Waals surface area contributed by atoms with Gasteiger partial charge in [-0.05, 0) is 26.3 Å². The van der Waals surface area contributed by atoms with Crippen LogP contribution in [-0.4, -0.2) is 50.3 Å². The third-order valence-corrected chi connectivity index (χ3v) is 5.56. The number of fused-ring (bicyclic) bond motifs is 1. The van der Waals surface area contributed by atoms with Crippen molar-refractivity contribution in [3.05, 3.63) is 41.6 Å². The highest BCUT2D eigenvalue weighted by atomic mass is 19.1. The molecular weight excluding hydrogens is 403 g/mol. The monoisotopic (exact) mass is 426 g/mol. The lowest BCUT2D eigenvalue weighted by Gasteiger charge is -2.37. The number of ether oxygens (including phenoxy) is 2. The Bertz CT molecular complexity index is 1180. The van der Waals surface area contributed by atoms with E-state index in [4.69, 9.17) is 14.5 Å². The zero-order valence-electron chi connectivity index (χ0n) is 17.6. The molecule has 0 fully saturated rings. The molecule has 1 amide bonds. The molecule has 2 aliphatic rings. The highest BCUT2D eigenvalue weighted by Crippen LogP contribution is 2.36. The SMILES string of the molecule is CC[C@@H]1COc2cn3ncc4c3nc2N1Cc1cc(F)cnc1OCC(C)(C)NC4=O. The average molecular weight is 426 g/mol. The van der Waals surface area contributed by atoms with Gasteiger partial charge in [-0.1, -0.05) is 6.92 Å². The molecule has 1 atom stereocenters. The first kappa shape index (κ1) is 19.5. The predicted octanol–water partition coefficient (Wildman–Crippen LogP) is 2.34. The van der Waals surface area contributed by atoms with Crippen LogP contribution >= 0.6 is 0 Å². The van der Waals surface area contributed by atoms with E-state index in [2.05, 4.69) is 27.2 Å². The summed E-state index contributed by atoms with van der Waals surface area (Å²) in [6.45, 7) is 6.70. The van der Waals surface area contributed by atoms with Gasteiger partial charge < -0.3 is 19.7 Å². The topological polar surface area (TPSA) is 93.9 Å². The van der Waals surface area contributed by atoms with Crippen molar-refractivity contribution in [3.63, 3.8) is 0 Å². The first-order valence-corrected chi connectivity index (χ1v) is 10.2. The summed E-state index contributed by atoms with van der Waals surface area (Å²) < 4.78 is 27.5. The van der Waals surface area contributed by atoms with Crippen molar-refractivity contribution in [2.75, 3.05) is 18.1 Å². The molecule has 9 nitrogen and oxygen atoms in total. The number of carbonyl (C=O) groups is 1. The molecule has 0 aromatic carbocycles. The number of nitrogens with one attached hydrogen (secondary N) is 1. The molecule has 31 heavy (non-hydrogen) atoms. The summed E-state index contributed by atoms with van der Waals surface area (Å²) in [5.41, 5.74) is 0.673. The van der Waals surface area contributed by atoms with Crippen molar-refractivity contribution in [1.29, 1.82) is 0 Å². The van der Waals surface area contributed by atoms with E-state index in [1.807, 2.05) is 13.8 Å². The number of rotatable bonds is 1. The number of pyridine rings is 1. The first-order valence-electron chi connectivity index (χ1n) is 10.2. The second-order valence-corrected chi connectivity index (χ2v) is 8.50. The van der Waals surface area contributed by atoms with Gasteiger partial charge in [0, 0.05) is 5.56 Å². The van der Waals surface area contributed by atoms with Crippen LogP contribution in [0.3, 0.4) is 0 Å². The fraction of sp³-hybridized carbons (Fsp3) is 0.429. The standard InChI is InChI=1S/C21H23FN6O3/c1-4-14-10-30-16-9-28-17-15(7-24-28)19(29)26-21(2,3)11-31-20-12(5-13(22)6-23-20)8-27(14)18(16)25-17/h5-7,9,14H,4,8,10-11H2,1-3H3,(H,26,29)/t14-/m1/s1. The average Bonchev–Trinajstić information content (AvgIpc) is 3.14. The number of anilines is 1. The fourth-order valence-electron chi connectivity index (χ4n) is 3.90. The molecule has 0 radical (unpaired) electrons. The van der Waals surface area contributed by atoms with Crippen LogP contribution in [0.1, 0.15) is 43.1 Å². The molecule has 0 aliphatic carbocycles. The molecule has 5 heterocycles. The van der Waals surface area contributed by atoms with Crippen LogP contribution in [0, 0.1) is 5.82 Å². The predicted molar refractivity (Wildman–Crippen MR) is 110 cm³/mol. The Labute approximate surface area is 178 Å². The number of nitrogens with zero attached hydrogens (tertiary/aromatic N) is 5. The minimum atomic E-state index is -0.710. The van der Waals surface area contributed by atoms with E-state index < -0.39 is 11.4 Å². The molecule has 2 aliphatic heterocycles. The number of hydrogen-bond donors (Lipinski definition) is 1. The molecule has 162 valence electrons. The zero-order valence-corrected chi connectivity index (χ0v) is 17.6. The Hall–Kier alpha value is -3.43. The highest BCUT2D eigenvalue weighted by Gasteiger charge is 2.32. The van der Waals surface area contributed by atoms with Gasteiger partial charge >= 0.3 is 0 Å². The van der Waals surface area contributed by atoms with Crippen LogP contribution in [0.25, 0.3) is 5.65 Å². The van der Waals surface area contributed by atoms with Gasteiger partial charge in [-0.15, -0.1) is 0 Å². The van der Waals surface area contributed by atoms with Gasteiger partial charge in [-0.3, -0.25) is 4.79 Å². The molecule has 3 aromatic rings. The van der Waals surface area contributed by atoms with Crippen LogP contribution in [0.4, 0.5) is 10.2 Å². The highest BCUT2D eigenvalue weighted by molar-refractivity contribution is 6.00. The van der Waals surface area contributed by atoms with Crippen LogP contribution in [0.5, 0.6) is 11.6 Å². The summed E-state index contributed by atoms with van der Waals surface area (Å²) in [5.74, 6) is 0.707. The van der Waals surface area contributed by atoms with E-state index in [1.54, 1.807) is 6.20 Å². The second kappa shape index (κ2) is 7.07. The van der Waals surface area contributed by atoms with Crippen LogP contribution in [-0.2, 0) is 6.54 Å². The summed E-state index contributed by atoms with van der Waals surface area (Å²) in [6, 6.07) is 1.44. The summed E-state index contributed by atoms with van der Waals surface area (Å²) in [6.07, 6.45) is 5.14. The largest absolute Gasteiger partial charge is 0.486 e. The van der Waals surface area contributed by atoms with Crippen LogP contribution in [0.2, 0.25) is 0 Å². The lowest BCUT2D eigenvalue weighted by Crippen LogP contribution is -2.48. The Morgan fingerprint density at radius 1 is 1.32 bits per heavy atom. The third-order valence-electron chi connectivity index (χ3n) is 5.56. The van der Waals surface area contributed by atoms with Crippen molar-refractivity contribution in [2.45, 2.75) is 45.3 Å². The van der Waals surface area contributed by atoms with E-state index >= 15 is 0 Å². The van der Waals surface area contributed by atoms with Gasteiger partial charge in [0.2, 0.25) is 5.88 Å². The van der Waals surface area contributed by atoms with Crippen molar-refractivity contribution in [3.8, 4) is 11.6 Å². The van der Waals surface area contributed by atoms with E-state index in [9.17, 15) is 9.18 Å². The molecule has 0 unspecified atom stereocenters. The minimum absolute atomic E-state index is 0.0142. The molecule has 1 N–H and O–H groups in total. The third kappa shape index (κ3) is 3.41. The van der Waals surface area contributed by atoms with Gasteiger partial charge in [0.25, 0.3) is 5.91 Å². The Morgan fingerprint density at radius 3 is 2.97 bits per heavy atom. The normalized spacial score (nSPS) is 20.1. The lowest BCUT2D eigenvalue weighted by atomic mass is 10.1. The maximum atomic E-state index is 14.1. The quantitative estimate of drug-likeness (QED) is 0.638. The van der Waals surface area contributed by atoms with Gasteiger partial charge in [-0.25, -0.2) is 18.9 Å². The molecule has 5 rings (SSSR count). The van der Waals surface area contributed by atoms with E-state index in [1.165, 1.54) is 16.8 Å². The Kier molecular flexibility index (Phi) is 4.45. The number of aromatic nitrogens is 4. The van der Waals surface area contributed by atoms with Crippen molar-refractivity contribution >= 4 is 17.4 Å². The number of hydrogen-bond acceptors (Lipinski definition) is 7. The summed E-state index contributed by atoms with van der Waals surface area (Å²) >= 11 is 0. The van der Waals surface area contributed by atoms with Gasteiger partial charge in [0.15, 0.2) is 17.2 Å². The minimum Gasteiger partial charge on any atom is -0.486 e. The fourth-order valence-corrected chi connectivity index (χ4v) is 3.90. The van der Waals surface area contributed by atoms with E-state index in [0.29, 0.717) is 47.4 Å². The number of carbonyl (C=O) groups excluding carboxylic acids is 1. The molecule has 0 spiro atoms. The smallest absolute Gasteiger partial charge is 0.257 e. The molecule has 2 bridgehead atoms. The first-order chi connectivity index (χ1) is 14.8. The lowest BCUT2D eigenvalue weighted by molar-refractivity contribution is 0.0880. The summed E-state index contributed by atoms with van der Waals surface area (Å²) in [7, 11) is 0. The molecule has 0 saturated heterocycles. The van der Waals surface area contributed by atoms with Gasteiger partial charge in [0.1, 0.15) is 24.6 Å². The van der Waals surface area contributed by atoms with Gasteiger partial charge in [0.05, 0.1) is 36.7 Å². The zero-order chi connectivity index (χ0) is 21.8. The number of amides is 1. The number of halogens is 1.